The Morgan fingerprint density at radius 2 is 1.94 bits per heavy atom. The summed E-state index contributed by atoms with van der Waals surface area (Å²) in [5.41, 5.74) is 0. The molecule has 86 valence electrons. The van der Waals surface area contributed by atoms with E-state index in [1.807, 2.05) is 0 Å². The van der Waals surface area contributed by atoms with Gasteiger partial charge in [0.25, 0.3) is 5.82 Å². The average Bonchev–Trinajstić information content (AvgIpc) is 2.52. The molecular weight excluding hydrogens is 216 g/mol. The van der Waals surface area contributed by atoms with Crippen LogP contribution in [0, 0.1) is 0 Å². The van der Waals surface area contributed by atoms with E-state index in [4.69, 9.17) is 10.2 Å². The van der Waals surface area contributed by atoms with E-state index in [2.05, 4.69) is 10.1 Å². The minimum atomic E-state index is -1.17. The molecule has 1 aliphatic rings. The van der Waals surface area contributed by atoms with Gasteiger partial charge in [-0.2, -0.15) is 0 Å². The Kier molecular flexibility index (Phi) is 2.47. The molecule has 0 unspecified atom stereocenters. The Labute approximate surface area is 90.1 Å². The topological polar surface area (TPSA) is 109 Å². The smallest absolute Gasteiger partial charge is 0.407 e. The van der Waals surface area contributed by atoms with E-state index >= 15 is 0 Å². The maximum absolute atomic E-state index is 10.7. The van der Waals surface area contributed by atoms with Gasteiger partial charge in [0.05, 0.1) is 6.54 Å². The van der Waals surface area contributed by atoms with Gasteiger partial charge in [-0.1, -0.05) is 0 Å². The zero-order chi connectivity index (χ0) is 11.7. The quantitative estimate of drug-likeness (QED) is 0.669. The highest BCUT2D eigenvalue weighted by molar-refractivity contribution is 5.82. The molecule has 0 saturated heterocycles. The van der Waals surface area contributed by atoms with Crippen molar-refractivity contribution in [1.29, 1.82) is 0 Å². The molecule has 1 aromatic heterocycles. The van der Waals surface area contributed by atoms with Crippen LogP contribution >= 0.6 is 0 Å². The van der Waals surface area contributed by atoms with Crippen LogP contribution in [0.25, 0.3) is 0 Å². The molecule has 0 atom stereocenters. The highest BCUT2D eigenvalue weighted by Gasteiger charge is 2.21. The van der Waals surface area contributed by atoms with Gasteiger partial charge in [-0.15, -0.1) is 5.10 Å². The first kappa shape index (κ1) is 10.4. The Balaban J connectivity index is 2.18. The summed E-state index contributed by atoms with van der Waals surface area (Å²) in [6, 6.07) is 0. The van der Waals surface area contributed by atoms with Crippen LogP contribution in [0.15, 0.2) is 0 Å². The fourth-order valence-corrected chi connectivity index (χ4v) is 1.58. The van der Waals surface area contributed by atoms with Crippen molar-refractivity contribution in [2.45, 2.75) is 13.0 Å². The predicted molar refractivity (Wildman–Crippen MR) is 50.3 cm³/mol. The fraction of sp³-hybridized carbons (Fsp3) is 0.500. The summed E-state index contributed by atoms with van der Waals surface area (Å²) < 4.78 is 1.45. The van der Waals surface area contributed by atoms with Crippen molar-refractivity contribution in [2.75, 3.05) is 13.1 Å². The molecule has 0 aromatic carbocycles. The highest BCUT2D eigenvalue weighted by atomic mass is 16.4. The van der Waals surface area contributed by atoms with Gasteiger partial charge in [0.15, 0.2) is 0 Å². The molecule has 0 bridgehead atoms. The van der Waals surface area contributed by atoms with Gasteiger partial charge < -0.3 is 15.1 Å². The van der Waals surface area contributed by atoms with Crippen LogP contribution in [0.4, 0.5) is 4.79 Å². The van der Waals surface area contributed by atoms with Crippen molar-refractivity contribution in [3.8, 4) is 0 Å². The molecule has 1 amide bonds. The lowest BCUT2D eigenvalue weighted by Crippen LogP contribution is -2.32. The van der Waals surface area contributed by atoms with Crippen LogP contribution in [-0.4, -0.2) is 55.0 Å². The fourth-order valence-electron chi connectivity index (χ4n) is 1.58. The Hall–Kier alpha value is -2.12. The first-order valence-corrected chi connectivity index (χ1v) is 4.73. The van der Waals surface area contributed by atoms with Gasteiger partial charge in [0.2, 0.25) is 0 Å². The lowest BCUT2D eigenvalue weighted by Gasteiger charge is -2.14. The molecular formula is C8H10N4O4. The lowest BCUT2D eigenvalue weighted by molar-refractivity contribution is 0.0682. The average molecular weight is 226 g/mol. The maximum Gasteiger partial charge on any atom is 0.407 e. The molecule has 0 aliphatic carbocycles. The molecule has 0 spiro atoms. The maximum atomic E-state index is 10.7. The van der Waals surface area contributed by atoms with E-state index in [0.29, 0.717) is 31.9 Å². The van der Waals surface area contributed by atoms with Gasteiger partial charge >= 0.3 is 12.1 Å². The van der Waals surface area contributed by atoms with Gasteiger partial charge in [-0.25, -0.2) is 19.3 Å². The second-order valence-electron chi connectivity index (χ2n) is 3.40. The Morgan fingerprint density at radius 1 is 1.19 bits per heavy atom. The Bertz CT molecular complexity index is 416. The molecule has 1 aliphatic heterocycles. The molecule has 0 saturated carbocycles. The molecule has 8 nitrogen and oxygen atoms in total. The molecule has 2 heterocycles. The van der Waals surface area contributed by atoms with Crippen LogP contribution in [0.1, 0.15) is 16.4 Å². The summed E-state index contributed by atoms with van der Waals surface area (Å²) in [7, 11) is 0. The molecule has 16 heavy (non-hydrogen) atoms. The summed E-state index contributed by atoms with van der Waals surface area (Å²) >= 11 is 0. The van der Waals surface area contributed by atoms with Crippen molar-refractivity contribution in [2.24, 2.45) is 0 Å². The van der Waals surface area contributed by atoms with Gasteiger partial charge in [-0.05, 0) is 0 Å². The third kappa shape index (κ3) is 1.81. The molecule has 0 fully saturated rings. The van der Waals surface area contributed by atoms with Gasteiger partial charge in [0.1, 0.15) is 5.82 Å². The largest absolute Gasteiger partial charge is 0.475 e. The zero-order valence-corrected chi connectivity index (χ0v) is 8.33. The lowest BCUT2D eigenvalue weighted by atomic mass is 10.4. The SMILES string of the molecule is O=C(O)c1nc2n(n1)CCN(C(=O)O)CC2. The van der Waals surface area contributed by atoms with Crippen molar-refractivity contribution in [1.82, 2.24) is 19.7 Å². The van der Waals surface area contributed by atoms with Crippen LogP contribution in [0.3, 0.4) is 0 Å². The summed E-state index contributed by atoms with van der Waals surface area (Å²) in [5.74, 6) is -0.893. The number of aromatic nitrogens is 3. The number of amides is 1. The van der Waals surface area contributed by atoms with Crippen LogP contribution < -0.4 is 0 Å². The standard InChI is InChI=1S/C8H10N4O4/c13-7(14)6-9-5-1-2-11(8(15)16)3-4-12(5)10-6/h1-4H2,(H,13,14)(H,15,16). The molecule has 0 radical (unpaired) electrons. The minimum Gasteiger partial charge on any atom is -0.475 e. The van der Waals surface area contributed by atoms with Crippen LogP contribution in [-0.2, 0) is 13.0 Å². The van der Waals surface area contributed by atoms with Crippen molar-refractivity contribution >= 4 is 12.1 Å². The zero-order valence-electron chi connectivity index (χ0n) is 8.33. The highest BCUT2D eigenvalue weighted by Crippen LogP contribution is 2.07. The van der Waals surface area contributed by atoms with Gasteiger partial charge in [-0.3, -0.25) is 0 Å². The summed E-state index contributed by atoms with van der Waals surface area (Å²) in [5, 5.41) is 21.3. The number of fused-ring (bicyclic) bond motifs is 1. The minimum absolute atomic E-state index is 0.237. The molecule has 8 heteroatoms. The number of carbonyl (C=O) groups is 2. The second-order valence-corrected chi connectivity index (χ2v) is 3.40. The van der Waals surface area contributed by atoms with Gasteiger partial charge in [0, 0.05) is 19.5 Å². The first-order valence-electron chi connectivity index (χ1n) is 4.73. The van der Waals surface area contributed by atoms with Crippen LogP contribution in [0.2, 0.25) is 0 Å². The van der Waals surface area contributed by atoms with Crippen molar-refractivity contribution in [3.63, 3.8) is 0 Å². The molecule has 2 rings (SSSR count). The molecule has 1 aromatic rings. The third-order valence-corrected chi connectivity index (χ3v) is 2.40. The number of carboxylic acids is 1. The van der Waals surface area contributed by atoms with E-state index < -0.39 is 12.1 Å². The molecule has 2 N–H and O–H groups in total. The second kappa shape index (κ2) is 3.80. The van der Waals surface area contributed by atoms with Crippen LogP contribution in [0.5, 0.6) is 0 Å². The number of carboxylic acid groups (broad SMARTS) is 2. The number of hydrogen-bond donors (Lipinski definition) is 2. The number of nitrogens with zero attached hydrogens (tertiary/aromatic N) is 4. The number of hydrogen-bond acceptors (Lipinski definition) is 4. The summed E-state index contributed by atoms with van der Waals surface area (Å²) in [4.78, 5) is 26.5. The van der Waals surface area contributed by atoms with E-state index in [1.165, 1.54) is 9.58 Å². The number of aromatic carboxylic acids is 1. The van der Waals surface area contributed by atoms with E-state index in [1.54, 1.807) is 0 Å². The first-order chi connectivity index (χ1) is 7.58. The third-order valence-electron chi connectivity index (χ3n) is 2.40. The Morgan fingerprint density at radius 3 is 2.56 bits per heavy atom. The normalized spacial score (nSPS) is 15.4. The van der Waals surface area contributed by atoms with E-state index in [9.17, 15) is 9.59 Å². The van der Waals surface area contributed by atoms with E-state index in [-0.39, 0.29) is 5.82 Å². The summed E-state index contributed by atoms with van der Waals surface area (Å²) in [6.07, 6.45) is -0.601. The summed E-state index contributed by atoms with van der Waals surface area (Å²) in [6.45, 7) is 0.944. The van der Waals surface area contributed by atoms with E-state index in [0.717, 1.165) is 0 Å². The van der Waals surface area contributed by atoms with Crippen molar-refractivity contribution in [3.05, 3.63) is 11.6 Å². The monoisotopic (exact) mass is 226 g/mol. The van der Waals surface area contributed by atoms with Crippen molar-refractivity contribution < 1.29 is 19.8 Å². The predicted octanol–water partition coefficient (Wildman–Crippen LogP) is -0.488. The number of rotatable bonds is 1.